The van der Waals surface area contributed by atoms with Gasteiger partial charge in [-0.15, -0.1) is 0 Å². The van der Waals surface area contributed by atoms with Crippen molar-refractivity contribution in [3.63, 3.8) is 0 Å². The predicted molar refractivity (Wildman–Crippen MR) is 72.8 cm³/mol. The fourth-order valence-corrected chi connectivity index (χ4v) is 1.89. The molecule has 0 saturated carbocycles. The Hall–Kier alpha value is -2.04. The second kappa shape index (κ2) is 6.22. The van der Waals surface area contributed by atoms with Crippen LogP contribution in [-0.2, 0) is 13.1 Å². The van der Waals surface area contributed by atoms with Crippen LogP contribution in [0.1, 0.15) is 19.0 Å². The Morgan fingerprint density at radius 2 is 2.21 bits per heavy atom. The lowest BCUT2D eigenvalue weighted by Gasteiger charge is -2.10. The van der Waals surface area contributed by atoms with Crippen molar-refractivity contribution in [2.75, 3.05) is 12.4 Å². The van der Waals surface area contributed by atoms with Gasteiger partial charge in [-0.1, -0.05) is 6.92 Å². The summed E-state index contributed by atoms with van der Waals surface area (Å²) in [7, 11) is 1.46. The van der Waals surface area contributed by atoms with E-state index in [2.05, 4.69) is 17.3 Å². The average molecular weight is 263 g/mol. The highest BCUT2D eigenvalue weighted by molar-refractivity contribution is 5.48. The highest BCUT2D eigenvalue weighted by Gasteiger charge is 2.05. The summed E-state index contributed by atoms with van der Waals surface area (Å²) in [5.41, 5.74) is 1.92. The Bertz CT molecular complexity index is 539. The number of benzene rings is 1. The van der Waals surface area contributed by atoms with Crippen LogP contribution in [0, 0.1) is 5.82 Å². The van der Waals surface area contributed by atoms with E-state index in [0.29, 0.717) is 6.54 Å². The van der Waals surface area contributed by atoms with E-state index in [9.17, 15) is 4.39 Å². The maximum Gasteiger partial charge on any atom is 0.165 e. The lowest BCUT2D eigenvalue weighted by Crippen LogP contribution is -2.09. The molecule has 102 valence electrons. The maximum absolute atomic E-state index is 13.3. The van der Waals surface area contributed by atoms with Gasteiger partial charge in [0.2, 0.25) is 0 Å². The molecule has 4 nitrogen and oxygen atoms in total. The fraction of sp³-hybridized carbons (Fsp3) is 0.357. The lowest BCUT2D eigenvalue weighted by atomic mass is 10.2. The minimum Gasteiger partial charge on any atom is -0.494 e. The molecule has 1 heterocycles. The van der Waals surface area contributed by atoms with Gasteiger partial charge in [-0.05, 0) is 24.6 Å². The molecule has 0 bridgehead atoms. The van der Waals surface area contributed by atoms with Crippen molar-refractivity contribution in [2.45, 2.75) is 26.4 Å². The zero-order valence-corrected chi connectivity index (χ0v) is 11.2. The van der Waals surface area contributed by atoms with Crippen molar-refractivity contribution in [3.8, 4) is 5.75 Å². The molecule has 2 rings (SSSR count). The first-order valence-corrected chi connectivity index (χ1v) is 6.32. The van der Waals surface area contributed by atoms with E-state index in [0.717, 1.165) is 24.3 Å². The van der Waals surface area contributed by atoms with Gasteiger partial charge in [0, 0.05) is 24.5 Å². The van der Waals surface area contributed by atoms with Crippen LogP contribution in [0.2, 0.25) is 0 Å². The molecule has 0 radical (unpaired) electrons. The van der Waals surface area contributed by atoms with Crippen molar-refractivity contribution in [3.05, 3.63) is 42.0 Å². The third-order valence-electron chi connectivity index (χ3n) is 2.86. The fourth-order valence-electron chi connectivity index (χ4n) is 1.89. The average Bonchev–Trinajstić information content (AvgIpc) is 2.86. The van der Waals surface area contributed by atoms with Crippen LogP contribution in [0.25, 0.3) is 0 Å². The number of ether oxygens (including phenoxy) is 1. The summed E-state index contributed by atoms with van der Waals surface area (Å²) in [4.78, 5) is 0. The quantitative estimate of drug-likeness (QED) is 0.870. The number of hydrogen-bond acceptors (Lipinski definition) is 3. The third kappa shape index (κ3) is 3.24. The molecule has 0 atom stereocenters. The van der Waals surface area contributed by atoms with E-state index in [-0.39, 0.29) is 11.6 Å². The first kappa shape index (κ1) is 13.4. The second-order valence-electron chi connectivity index (χ2n) is 4.25. The zero-order chi connectivity index (χ0) is 13.7. The number of hydrogen-bond donors (Lipinski definition) is 1. The number of aryl methyl sites for hydroxylation is 1. The summed E-state index contributed by atoms with van der Waals surface area (Å²) in [6.45, 7) is 3.66. The molecule has 0 unspecified atom stereocenters. The van der Waals surface area contributed by atoms with Crippen LogP contribution in [0.4, 0.5) is 10.1 Å². The standard InChI is InChI=1S/C14H18FN3O/c1-3-8-18-12(6-7-17-18)10-16-11-4-5-13(15)14(9-11)19-2/h4-7,9,16H,3,8,10H2,1-2H3. The summed E-state index contributed by atoms with van der Waals surface area (Å²) < 4.78 is 20.2. The van der Waals surface area contributed by atoms with Gasteiger partial charge < -0.3 is 10.1 Å². The third-order valence-corrected chi connectivity index (χ3v) is 2.86. The molecule has 0 amide bonds. The SMILES string of the molecule is CCCn1nccc1CNc1ccc(F)c(OC)c1. The van der Waals surface area contributed by atoms with Gasteiger partial charge in [-0.2, -0.15) is 5.10 Å². The summed E-state index contributed by atoms with van der Waals surface area (Å²) in [5, 5.41) is 7.50. The van der Waals surface area contributed by atoms with Crippen LogP contribution < -0.4 is 10.1 Å². The van der Waals surface area contributed by atoms with Gasteiger partial charge in [0.1, 0.15) is 0 Å². The van der Waals surface area contributed by atoms with Crippen molar-refractivity contribution in [1.29, 1.82) is 0 Å². The van der Waals surface area contributed by atoms with E-state index in [1.165, 1.54) is 13.2 Å². The Labute approximate surface area is 112 Å². The number of nitrogens with zero attached hydrogens (tertiary/aromatic N) is 2. The van der Waals surface area contributed by atoms with Crippen LogP contribution in [0.3, 0.4) is 0 Å². The van der Waals surface area contributed by atoms with Crippen LogP contribution in [0.5, 0.6) is 5.75 Å². The Balaban J connectivity index is 2.04. The zero-order valence-electron chi connectivity index (χ0n) is 11.2. The van der Waals surface area contributed by atoms with Crippen molar-refractivity contribution >= 4 is 5.69 Å². The molecule has 1 aromatic carbocycles. The molecule has 0 saturated heterocycles. The van der Waals surface area contributed by atoms with Crippen molar-refractivity contribution < 1.29 is 9.13 Å². The summed E-state index contributed by atoms with van der Waals surface area (Å²) in [6, 6.07) is 6.71. The van der Waals surface area contributed by atoms with Gasteiger partial charge >= 0.3 is 0 Å². The monoisotopic (exact) mass is 263 g/mol. The Kier molecular flexibility index (Phi) is 4.39. The number of anilines is 1. The second-order valence-corrected chi connectivity index (χ2v) is 4.25. The number of aromatic nitrogens is 2. The van der Waals surface area contributed by atoms with E-state index >= 15 is 0 Å². The minimum atomic E-state index is -0.357. The molecule has 5 heteroatoms. The van der Waals surface area contributed by atoms with E-state index in [4.69, 9.17) is 4.74 Å². The van der Waals surface area contributed by atoms with Gasteiger partial charge in [0.05, 0.1) is 19.3 Å². The lowest BCUT2D eigenvalue weighted by molar-refractivity contribution is 0.387. The topological polar surface area (TPSA) is 39.1 Å². The number of halogens is 1. The molecule has 1 aromatic heterocycles. The van der Waals surface area contributed by atoms with Gasteiger partial charge in [0.15, 0.2) is 11.6 Å². The number of nitrogens with one attached hydrogen (secondary N) is 1. The molecule has 0 spiro atoms. The van der Waals surface area contributed by atoms with Gasteiger partial charge in [-0.25, -0.2) is 4.39 Å². The molecular formula is C14H18FN3O. The van der Waals surface area contributed by atoms with Crippen LogP contribution in [-0.4, -0.2) is 16.9 Å². The minimum absolute atomic E-state index is 0.243. The van der Waals surface area contributed by atoms with Gasteiger partial charge in [-0.3, -0.25) is 4.68 Å². The first-order valence-electron chi connectivity index (χ1n) is 6.32. The molecule has 0 aliphatic heterocycles. The Morgan fingerprint density at radius 3 is 2.95 bits per heavy atom. The van der Waals surface area contributed by atoms with E-state index in [1.807, 2.05) is 10.7 Å². The first-order chi connectivity index (χ1) is 9.24. The summed E-state index contributed by atoms with van der Waals surface area (Å²) >= 11 is 0. The summed E-state index contributed by atoms with van der Waals surface area (Å²) in [5.74, 6) is -0.115. The molecule has 19 heavy (non-hydrogen) atoms. The smallest absolute Gasteiger partial charge is 0.165 e. The van der Waals surface area contributed by atoms with E-state index in [1.54, 1.807) is 18.3 Å². The van der Waals surface area contributed by atoms with Crippen molar-refractivity contribution in [2.24, 2.45) is 0 Å². The molecule has 2 aromatic rings. The number of methoxy groups -OCH3 is 1. The maximum atomic E-state index is 13.3. The largest absolute Gasteiger partial charge is 0.494 e. The highest BCUT2D eigenvalue weighted by Crippen LogP contribution is 2.21. The van der Waals surface area contributed by atoms with Gasteiger partial charge in [0.25, 0.3) is 0 Å². The summed E-state index contributed by atoms with van der Waals surface area (Å²) in [6.07, 6.45) is 2.83. The van der Waals surface area contributed by atoms with Crippen LogP contribution in [0.15, 0.2) is 30.5 Å². The Morgan fingerprint density at radius 1 is 1.37 bits per heavy atom. The number of rotatable bonds is 6. The van der Waals surface area contributed by atoms with Crippen molar-refractivity contribution in [1.82, 2.24) is 9.78 Å². The predicted octanol–water partition coefficient (Wildman–Crippen LogP) is 3.05. The molecule has 0 aliphatic rings. The molecular weight excluding hydrogens is 245 g/mol. The van der Waals surface area contributed by atoms with E-state index < -0.39 is 0 Å². The normalized spacial score (nSPS) is 10.5. The highest BCUT2D eigenvalue weighted by atomic mass is 19.1. The molecule has 1 N–H and O–H groups in total. The van der Waals surface area contributed by atoms with Crippen LogP contribution >= 0.6 is 0 Å². The molecule has 0 fully saturated rings. The molecule has 0 aliphatic carbocycles.